The van der Waals surface area contributed by atoms with Crippen molar-refractivity contribution in [2.45, 2.75) is 6.42 Å². The Bertz CT molecular complexity index is 787. The fourth-order valence-corrected chi connectivity index (χ4v) is 2.53. The van der Waals surface area contributed by atoms with Crippen molar-refractivity contribution in [2.75, 3.05) is 0 Å². The summed E-state index contributed by atoms with van der Waals surface area (Å²) in [4.78, 5) is 12.8. The third-order valence-electron chi connectivity index (χ3n) is 3.70. The van der Waals surface area contributed by atoms with E-state index >= 15 is 0 Å². The summed E-state index contributed by atoms with van der Waals surface area (Å²) in [6.07, 6.45) is 2.38. The molecule has 0 atom stereocenters. The lowest BCUT2D eigenvalue weighted by atomic mass is 9.95. The van der Waals surface area contributed by atoms with Crippen LogP contribution in [0.1, 0.15) is 16.7 Å². The van der Waals surface area contributed by atoms with Crippen LogP contribution < -0.4 is 0 Å². The van der Waals surface area contributed by atoms with Gasteiger partial charge in [0.1, 0.15) is 0 Å². The van der Waals surface area contributed by atoms with Crippen LogP contribution in [0.15, 0.2) is 91.0 Å². The molecule has 3 aromatic carbocycles. The number of carbonyl (C=O) groups is 1. The molecule has 1 nitrogen and oxygen atoms in total. The molecule has 0 spiro atoms. The van der Waals surface area contributed by atoms with Gasteiger partial charge in [0.2, 0.25) is 0 Å². The summed E-state index contributed by atoms with van der Waals surface area (Å²) in [7, 11) is 0. The summed E-state index contributed by atoms with van der Waals surface area (Å²) in [6, 6.07) is 29.7. The number of carbonyl (C=O) groups excluding carboxylic acids is 1. The molecule has 0 aliphatic carbocycles. The van der Waals surface area contributed by atoms with E-state index in [0.717, 1.165) is 22.3 Å². The average Bonchev–Trinajstić information content (AvgIpc) is 2.62. The van der Waals surface area contributed by atoms with Crippen LogP contribution in [-0.4, -0.2) is 5.78 Å². The van der Waals surface area contributed by atoms with E-state index in [-0.39, 0.29) is 5.78 Å². The molecule has 0 heterocycles. The monoisotopic (exact) mass is 298 g/mol. The molecular weight excluding hydrogens is 280 g/mol. The van der Waals surface area contributed by atoms with Crippen LogP contribution in [0.5, 0.6) is 0 Å². The Morgan fingerprint density at radius 1 is 0.696 bits per heavy atom. The molecule has 0 radical (unpaired) electrons. The smallest absolute Gasteiger partial charge is 0.167 e. The lowest BCUT2D eigenvalue weighted by Gasteiger charge is -2.08. The molecule has 0 saturated carbocycles. The normalized spacial score (nSPS) is 11.2. The van der Waals surface area contributed by atoms with E-state index in [9.17, 15) is 4.79 Å². The number of ketones is 1. The Morgan fingerprint density at radius 3 is 1.83 bits per heavy atom. The van der Waals surface area contributed by atoms with E-state index < -0.39 is 0 Å². The van der Waals surface area contributed by atoms with E-state index in [1.54, 1.807) is 0 Å². The molecule has 0 saturated heterocycles. The maximum absolute atomic E-state index is 12.8. The standard InChI is InChI=1S/C22H18O/c23-22(17-19-12-6-2-7-13-19)21(20-14-8-3-9-15-20)16-18-10-4-1-5-11-18/h1-16H,17H2. The van der Waals surface area contributed by atoms with Gasteiger partial charge in [-0.05, 0) is 22.8 Å². The van der Waals surface area contributed by atoms with Crippen molar-refractivity contribution in [3.8, 4) is 0 Å². The van der Waals surface area contributed by atoms with Crippen molar-refractivity contribution >= 4 is 17.4 Å². The van der Waals surface area contributed by atoms with Gasteiger partial charge in [0.15, 0.2) is 5.78 Å². The van der Waals surface area contributed by atoms with Crippen LogP contribution in [0.25, 0.3) is 11.6 Å². The molecule has 0 aromatic heterocycles. The zero-order valence-electron chi connectivity index (χ0n) is 12.9. The highest BCUT2D eigenvalue weighted by molar-refractivity contribution is 6.25. The first-order valence-electron chi connectivity index (χ1n) is 7.72. The third kappa shape index (κ3) is 4.04. The quantitative estimate of drug-likeness (QED) is 0.476. The summed E-state index contributed by atoms with van der Waals surface area (Å²) in [6.45, 7) is 0. The Balaban J connectivity index is 1.95. The van der Waals surface area contributed by atoms with Crippen LogP contribution in [0.2, 0.25) is 0 Å². The molecule has 3 rings (SSSR count). The minimum absolute atomic E-state index is 0.131. The Labute approximate surface area is 136 Å². The van der Waals surface area contributed by atoms with Gasteiger partial charge in [0, 0.05) is 12.0 Å². The molecule has 0 fully saturated rings. The molecule has 0 aliphatic heterocycles. The lowest BCUT2D eigenvalue weighted by molar-refractivity contribution is -0.113. The van der Waals surface area contributed by atoms with Crippen LogP contribution in [-0.2, 0) is 11.2 Å². The van der Waals surface area contributed by atoms with Crippen molar-refractivity contribution in [2.24, 2.45) is 0 Å². The summed E-state index contributed by atoms with van der Waals surface area (Å²) in [5.74, 6) is 0.131. The average molecular weight is 298 g/mol. The second kappa shape index (κ2) is 7.37. The summed E-state index contributed by atoms with van der Waals surface area (Å²) in [5.41, 5.74) is 3.78. The molecule has 112 valence electrons. The molecule has 23 heavy (non-hydrogen) atoms. The molecule has 0 bridgehead atoms. The van der Waals surface area contributed by atoms with Gasteiger partial charge in [-0.1, -0.05) is 91.0 Å². The van der Waals surface area contributed by atoms with Crippen LogP contribution in [0.3, 0.4) is 0 Å². The number of allylic oxidation sites excluding steroid dienone is 1. The van der Waals surface area contributed by atoms with Gasteiger partial charge in [0.05, 0.1) is 0 Å². The van der Waals surface area contributed by atoms with Crippen molar-refractivity contribution in [1.82, 2.24) is 0 Å². The van der Waals surface area contributed by atoms with Crippen molar-refractivity contribution < 1.29 is 4.79 Å². The fourth-order valence-electron chi connectivity index (χ4n) is 2.53. The van der Waals surface area contributed by atoms with Crippen molar-refractivity contribution in [3.63, 3.8) is 0 Å². The zero-order valence-corrected chi connectivity index (χ0v) is 12.9. The van der Waals surface area contributed by atoms with Crippen molar-refractivity contribution in [1.29, 1.82) is 0 Å². The first kappa shape index (κ1) is 15.0. The Hall–Kier alpha value is -2.93. The van der Waals surface area contributed by atoms with Crippen LogP contribution in [0, 0.1) is 0 Å². The molecule has 0 amide bonds. The summed E-state index contributed by atoms with van der Waals surface area (Å²) in [5, 5.41) is 0. The number of hydrogen-bond donors (Lipinski definition) is 0. The second-order valence-corrected chi connectivity index (χ2v) is 5.42. The highest BCUT2D eigenvalue weighted by Gasteiger charge is 2.12. The van der Waals surface area contributed by atoms with E-state index in [0.29, 0.717) is 6.42 Å². The second-order valence-electron chi connectivity index (χ2n) is 5.42. The maximum atomic E-state index is 12.8. The molecule has 0 N–H and O–H groups in total. The highest BCUT2D eigenvalue weighted by atomic mass is 16.1. The minimum atomic E-state index is 0.131. The predicted octanol–water partition coefficient (Wildman–Crippen LogP) is 5.04. The van der Waals surface area contributed by atoms with Gasteiger partial charge in [0.25, 0.3) is 0 Å². The highest BCUT2D eigenvalue weighted by Crippen LogP contribution is 2.21. The topological polar surface area (TPSA) is 17.1 Å². The maximum Gasteiger partial charge on any atom is 0.167 e. The van der Waals surface area contributed by atoms with E-state index in [1.807, 2.05) is 97.1 Å². The number of benzene rings is 3. The molecule has 3 aromatic rings. The largest absolute Gasteiger partial charge is 0.294 e. The van der Waals surface area contributed by atoms with Gasteiger partial charge in [-0.3, -0.25) is 4.79 Å². The van der Waals surface area contributed by atoms with Gasteiger partial charge in [-0.15, -0.1) is 0 Å². The molecule has 0 aliphatic rings. The Morgan fingerprint density at radius 2 is 1.22 bits per heavy atom. The predicted molar refractivity (Wildman–Crippen MR) is 95.9 cm³/mol. The molecular formula is C22H18O. The third-order valence-corrected chi connectivity index (χ3v) is 3.70. The fraction of sp³-hybridized carbons (Fsp3) is 0.0455. The van der Waals surface area contributed by atoms with E-state index in [2.05, 4.69) is 0 Å². The minimum Gasteiger partial charge on any atom is -0.294 e. The van der Waals surface area contributed by atoms with Gasteiger partial charge >= 0.3 is 0 Å². The first-order valence-corrected chi connectivity index (χ1v) is 7.72. The van der Waals surface area contributed by atoms with Crippen LogP contribution >= 0.6 is 0 Å². The SMILES string of the molecule is O=C(Cc1ccccc1)C(=Cc1ccccc1)c1ccccc1. The van der Waals surface area contributed by atoms with Gasteiger partial charge < -0.3 is 0 Å². The molecule has 1 heteroatoms. The van der Waals surface area contributed by atoms with Gasteiger partial charge in [-0.2, -0.15) is 0 Å². The summed E-state index contributed by atoms with van der Waals surface area (Å²) < 4.78 is 0. The van der Waals surface area contributed by atoms with Crippen LogP contribution in [0.4, 0.5) is 0 Å². The Kier molecular flexibility index (Phi) is 4.80. The molecule has 0 unspecified atom stereocenters. The van der Waals surface area contributed by atoms with E-state index in [4.69, 9.17) is 0 Å². The van der Waals surface area contributed by atoms with E-state index in [1.165, 1.54) is 0 Å². The number of rotatable bonds is 5. The number of Topliss-reactive ketones (excluding diaryl/α,β-unsaturated/α-hetero) is 1. The van der Waals surface area contributed by atoms with Crippen molar-refractivity contribution in [3.05, 3.63) is 108 Å². The zero-order chi connectivity index (χ0) is 15.9. The van der Waals surface area contributed by atoms with Gasteiger partial charge in [-0.25, -0.2) is 0 Å². The summed E-state index contributed by atoms with van der Waals surface area (Å²) >= 11 is 0. The first-order chi connectivity index (χ1) is 11.3. The lowest BCUT2D eigenvalue weighted by Crippen LogP contribution is -2.05. The number of hydrogen-bond acceptors (Lipinski definition) is 1.